The molecule has 0 radical (unpaired) electrons. The van der Waals surface area contributed by atoms with E-state index in [-0.39, 0.29) is 16.1 Å². The number of anilines is 1. The van der Waals surface area contributed by atoms with Crippen LogP contribution in [-0.4, -0.2) is 41.7 Å². The molecule has 1 aliphatic rings. The Labute approximate surface area is 168 Å². The van der Waals surface area contributed by atoms with Gasteiger partial charge in [0.2, 0.25) is 10.0 Å². The molecule has 8 nitrogen and oxygen atoms in total. The smallest absolute Gasteiger partial charge is 0.322 e. The number of sulfonamides is 1. The third-order valence-electron chi connectivity index (χ3n) is 5.16. The first kappa shape index (κ1) is 19.4. The van der Waals surface area contributed by atoms with E-state index in [0.29, 0.717) is 35.4 Å². The molecule has 1 saturated heterocycles. The maximum absolute atomic E-state index is 13.0. The molecule has 1 amide bonds. The summed E-state index contributed by atoms with van der Waals surface area (Å²) in [4.78, 5) is 29.5. The summed E-state index contributed by atoms with van der Waals surface area (Å²) in [6.45, 7) is 2.74. The zero-order chi connectivity index (χ0) is 20.6. The van der Waals surface area contributed by atoms with E-state index in [4.69, 9.17) is 0 Å². The fraction of sp³-hybridized carbons (Fsp3) is 0.300. The van der Waals surface area contributed by atoms with Crippen molar-refractivity contribution in [3.8, 4) is 0 Å². The highest BCUT2D eigenvalue weighted by atomic mass is 32.2. The number of nitrogens with zero attached hydrogens (tertiary/aromatic N) is 1. The largest absolute Gasteiger partial charge is 0.323 e. The van der Waals surface area contributed by atoms with Crippen LogP contribution in [0.2, 0.25) is 0 Å². The van der Waals surface area contributed by atoms with Gasteiger partial charge in [0.05, 0.1) is 15.9 Å². The predicted molar refractivity (Wildman–Crippen MR) is 111 cm³/mol. The standard InChI is InChI=1S/C20H22N4O4S/c1-13-5-6-14(11-18(13)29(27,28)24-9-3-2-4-10-24)19(25)21-15-7-8-16-17(12-15)23-20(26)22-16/h5-8,11-12H,2-4,9-10H2,1H3,(H,21,25)(H2,22,23,26). The van der Waals surface area contributed by atoms with Crippen molar-refractivity contribution in [3.05, 3.63) is 58.0 Å². The monoisotopic (exact) mass is 414 g/mol. The first-order valence-corrected chi connectivity index (χ1v) is 10.9. The van der Waals surface area contributed by atoms with Crippen LogP contribution in [-0.2, 0) is 10.0 Å². The zero-order valence-corrected chi connectivity index (χ0v) is 16.8. The zero-order valence-electron chi connectivity index (χ0n) is 16.0. The second-order valence-corrected chi connectivity index (χ2v) is 9.14. The molecule has 9 heteroatoms. The number of carbonyl (C=O) groups excluding carboxylic acids is 1. The average molecular weight is 414 g/mol. The van der Waals surface area contributed by atoms with Gasteiger partial charge < -0.3 is 15.3 Å². The number of aromatic nitrogens is 2. The molecule has 29 heavy (non-hydrogen) atoms. The molecule has 0 aliphatic carbocycles. The summed E-state index contributed by atoms with van der Waals surface area (Å²) in [6, 6.07) is 9.69. The summed E-state index contributed by atoms with van der Waals surface area (Å²) in [6.07, 6.45) is 2.73. The molecule has 2 heterocycles. The summed E-state index contributed by atoms with van der Waals surface area (Å²) in [5, 5.41) is 2.75. The second-order valence-electron chi connectivity index (χ2n) is 7.24. The lowest BCUT2D eigenvalue weighted by molar-refractivity contribution is 0.102. The Morgan fingerprint density at radius 1 is 1.00 bits per heavy atom. The summed E-state index contributed by atoms with van der Waals surface area (Å²) in [5.74, 6) is -0.419. The molecular weight excluding hydrogens is 392 g/mol. The van der Waals surface area contributed by atoms with Crippen molar-refractivity contribution in [1.29, 1.82) is 0 Å². The molecule has 0 saturated carbocycles. The highest BCUT2D eigenvalue weighted by Gasteiger charge is 2.28. The van der Waals surface area contributed by atoms with E-state index in [1.165, 1.54) is 10.4 Å². The Morgan fingerprint density at radius 2 is 1.72 bits per heavy atom. The van der Waals surface area contributed by atoms with Gasteiger partial charge in [-0.2, -0.15) is 4.31 Å². The Bertz CT molecular complexity index is 1240. The molecule has 0 unspecified atom stereocenters. The lowest BCUT2D eigenvalue weighted by Gasteiger charge is -2.26. The van der Waals surface area contributed by atoms with E-state index in [0.717, 1.165) is 19.3 Å². The van der Waals surface area contributed by atoms with Crippen LogP contribution >= 0.6 is 0 Å². The molecule has 2 aromatic carbocycles. The molecule has 1 fully saturated rings. The SMILES string of the molecule is Cc1ccc(C(=O)Nc2ccc3[nH]c(=O)[nH]c3c2)cc1S(=O)(=O)N1CCCCC1. The minimum absolute atomic E-state index is 0.164. The van der Waals surface area contributed by atoms with Crippen LogP contribution < -0.4 is 11.0 Å². The Hall–Kier alpha value is -2.91. The minimum Gasteiger partial charge on any atom is -0.322 e. The maximum atomic E-state index is 13.0. The number of benzene rings is 2. The molecule has 1 aromatic heterocycles. The Morgan fingerprint density at radius 3 is 2.48 bits per heavy atom. The van der Waals surface area contributed by atoms with E-state index in [1.807, 2.05) is 0 Å². The Balaban J connectivity index is 1.61. The van der Waals surface area contributed by atoms with Crippen molar-refractivity contribution in [2.45, 2.75) is 31.1 Å². The van der Waals surface area contributed by atoms with E-state index < -0.39 is 15.9 Å². The number of imidazole rings is 1. The van der Waals surface area contributed by atoms with Crippen LogP contribution in [0.5, 0.6) is 0 Å². The topological polar surface area (TPSA) is 115 Å². The second kappa shape index (κ2) is 7.49. The third kappa shape index (κ3) is 3.83. The minimum atomic E-state index is -3.64. The van der Waals surface area contributed by atoms with E-state index in [9.17, 15) is 18.0 Å². The summed E-state index contributed by atoms with van der Waals surface area (Å²) in [5.41, 5.74) is 2.25. The molecule has 0 atom stereocenters. The number of aromatic amines is 2. The average Bonchev–Trinajstić information content (AvgIpc) is 3.08. The predicted octanol–water partition coefficient (Wildman–Crippen LogP) is 2.59. The van der Waals surface area contributed by atoms with Crippen LogP contribution in [0.1, 0.15) is 35.2 Å². The van der Waals surface area contributed by atoms with Gasteiger partial charge in [-0.25, -0.2) is 13.2 Å². The van der Waals surface area contributed by atoms with Crippen molar-refractivity contribution in [2.24, 2.45) is 0 Å². The molecule has 3 aromatic rings. The quantitative estimate of drug-likeness (QED) is 0.609. The van der Waals surface area contributed by atoms with Crippen molar-refractivity contribution in [3.63, 3.8) is 0 Å². The van der Waals surface area contributed by atoms with Crippen LogP contribution in [0.3, 0.4) is 0 Å². The maximum Gasteiger partial charge on any atom is 0.323 e. The van der Waals surface area contributed by atoms with Crippen LogP contribution in [0.4, 0.5) is 5.69 Å². The van der Waals surface area contributed by atoms with Gasteiger partial charge in [0, 0.05) is 24.3 Å². The van der Waals surface area contributed by atoms with Crippen molar-refractivity contribution in [1.82, 2.24) is 14.3 Å². The molecular formula is C20H22N4O4S. The van der Waals surface area contributed by atoms with Gasteiger partial charge in [0.1, 0.15) is 0 Å². The first-order valence-electron chi connectivity index (χ1n) is 9.49. The molecule has 152 valence electrons. The van der Waals surface area contributed by atoms with E-state index in [2.05, 4.69) is 15.3 Å². The highest BCUT2D eigenvalue weighted by Crippen LogP contribution is 2.25. The normalized spacial score (nSPS) is 15.5. The number of H-pyrrole nitrogens is 2. The molecule has 0 bridgehead atoms. The summed E-state index contributed by atoms with van der Waals surface area (Å²) < 4.78 is 27.6. The number of hydrogen-bond acceptors (Lipinski definition) is 4. The van der Waals surface area contributed by atoms with Gasteiger partial charge in [-0.05, 0) is 55.7 Å². The van der Waals surface area contributed by atoms with Gasteiger partial charge in [0.25, 0.3) is 5.91 Å². The lowest BCUT2D eigenvalue weighted by atomic mass is 10.1. The number of nitrogens with one attached hydrogen (secondary N) is 3. The number of amides is 1. The number of fused-ring (bicyclic) bond motifs is 1. The van der Waals surface area contributed by atoms with Gasteiger partial charge in [-0.1, -0.05) is 12.5 Å². The van der Waals surface area contributed by atoms with E-state index >= 15 is 0 Å². The van der Waals surface area contributed by atoms with Gasteiger partial charge in [0.15, 0.2) is 0 Å². The lowest BCUT2D eigenvalue weighted by Crippen LogP contribution is -2.36. The number of aryl methyl sites for hydroxylation is 1. The molecule has 3 N–H and O–H groups in total. The summed E-state index contributed by atoms with van der Waals surface area (Å²) in [7, 11) is -3.64. The number of piperidine rings is 1. The van der Waals surface area contributed by atoms with Gasteiger partial charge >= 0.3 is 5.69 Å². The number of hydrogen-bond donors (Lipinski definition) is 3. The number of rotatable bonds is 4. The number of carbonyl (C=O) groups is 1. The van der Waals surface area contributed by atoms with Crippen molar-refractivity contribution < 1.29 is 13.2 Å². The fourth-order valence-corrected chi connectivity index (χ4v) is 5.35. The fourth-order valence-electron chi connectivity index (χ4n) is 3.58. The van der Waals surface area contributed by atoms with Crippen molar-refractivity contribution in [2.75, 3.05) is 18.4 Å². The highest BCUT2D eigenvalue weighted by molar-refractivity contribution is 7.89. The first-order chi connectivity index (χ1) is 13.8. The molecule has 0 spiro atoms. The van der Waals surface area contributed by atoms with Crippen LogP contribution in [0, 0.1) is 6.92 Å². The van der Waals surface area contributed by atoms with E-state index in [1.54, 1.807) is 37.3 Å². The van der Waals surface area contributed by atoms with Gasteiger partial charge in [-0.3, -0.25) is 4.79 Å². The molecule has 4 rings (SSSR count). The van der Waals surface area contributed by atoms with Gasteiger partial charge in [-0.15, -0.1) is 0 Å². The van der Waals surface area contributed by atoms with Crippen LogP contribution in [0.25, 0.3) is 11.0 Å². The molecule has 1 aliphatic heterocycles. The summed E-state index contributed by atoms with van der Waals surface area (Å²) >= 11 is 0. The van der Waals surface area contributed by atoms with Crippen molar-refractivity contribution >= 4 is 32.7 Å². The van der Waals surface area contributed by atoms with Crippen LogP contribution in [0.15, 0.2) is 46.1 Å². The third-order valence-corrected chi connectivity index (χ3v) is 7.20. The Kier molecular flexibility index (Phi) is 5.01.